The number of hydroxylamine groups is 1. The third kappa shape index (κ3) is 2.73. The van der Waals surface area contributed by atoms with Crippen molar-refractivity contribution in [2.45, 2.75) is 6.18 Å². The molecule has 0 aliphatic heterocycles. The molecule has 0 radical (unpaired) electrons. The Morgan fingerprint density at radius 2 is 2.00 bits per heavy atom. The molecule has 6 heteroatoms. The van der Waals surface area contributed by atoms with E-state index in [0.29, 0.717) is 12.1 Å². The highest BCUT2D eigenvalue weighted by Crippen LogP contribution is 2.31. The van der Waals surface area contributed by atoms with E-state index in [-0.39, 0.29) is 11.3 Å². The molecule has 0 heterocycles. The molecule has 0 unspecified atom stereocenters. The van der Waals surface area contributed by atoms with Crippen LogP contribution in [0, 0.1) is 5.82 Å². The molecule has 0 fully saturated rings. The minimum absolute atomic E-state index is 0.0777. The summed E-state index contributed by atoms with van der Waals surface area (Å²) in [5.74, 6) is -0.803. The van der Waals surface area contributed by atoms with E-state index in [1.807, 2.05) is 0 Å². The fourth-order valence-electron chi connectivity index (χ4n) is 1.11. The van der Waals surface area contributed by atoms with Gasteiger partial charge in [-0.25, -0.2) is 4.39 Å². The van der Waals surface area contributed by atoms with Crippen LogP contribution in [0.25, 0.3) is 5.70 Å². The zero-order valence-electron chi connectivity index (χ0n) is 8.36. The summed E-state index contributed by atoms with van der Waals surface area (Å²) in [6.45, 7) is 3.36. The van der Waals surface area contributed by atoms with Crippen LogP contribution in [-0.2, 0) is 11.0 Å². The summed E-state index contributed by atoms with van der Waals surface area (Å²) >= 11 is 0. The topological polar surface area (TPSA) is 21.3 Å². The number of hydrogen-bond donors (Lipinski definition) is 1. The number of rotatable bonds is 3. The SMILES string of the molecule is C=C(NOC)c1cc(C(F)(F)F)ccc1F. The predicted molar refractivity (Wildman–Crippen MR) is 50.6 cm³/mol. The fourth-order valence-corrected chi connectivity index (χ4v) is 1.11. The van der Waals surface area contributed by atoms with E-state index in [1.54, 1.807) is 0 Å². The molecule has 0 spiro atoms. The fraction of sp³-hybridized carbons (Fsp3) is 0.200. The Balaban J connectivity index is 3.14. The lowest BCUT2D eigenvalue weighted by Crippen LogP contribution is -2.12. The third-order valence-electron chi connectivity index (χ3n) is 1.84. The molecule has 1 aromatic carbocycles. The van der Waals surface area contributed by atoms with Crippen LogP contribution in [0.1, 0.15) is 11.1 Å². The lowest BCUT2D eigenvalue weighted by atomic mass is 10.1. The van der Waals surface area contributed by atoms with Crippen LogP contribution in [-0.4, -0.2) is 7.11 Å². The first kappa shape index (κ1) is 12.5. The van der Waals surface area contributed by atoms with Gasteiger partial charge in [-0.1, -0.05) is 6.58 Å². The maximum Gasteiger partial charge on any atom is 0.416 e. The Labute approximate surface area is 89.5 Å². The van der Waals surface area contributed by atoms with Gasteiger partial charge >= 0.3 is 6.18 Å². The van der Waals surface area contributed by atoms with Crippen LogP contribution in [0.4, 0.5) is 17.6 Å². The molecule has 0 saturated heterocycles. The maximum atomic E-state index is 13.2. The molecular weight excluding hydrogens is 226 g/mol. The highest BCUT2D eigenvalue weighted by Gasteiger charge is 2.31. The van der Waals surface area contributed by atoms with Crippen molar-refractivity contribution in [3.63, 3.8) is 0 Å². The molecule has 0 bridgehead atoms. The minimum Gasteiger partial charge on any atom is -0.279 e. The van der Waals surface area contributed by atoms with Gasteiger partial charge in [0.25, 0.3) is 0 Å². The Hall–Kier alpha value is -1.56. The van der Waals surface area contributed by atoms with E-state index in [2.05, 4.69) is 16.9 Å². The molecule has 0 aliphatic carbocycles. The molecule has 0 saturated carbocycles. The van der Waals surface area contributed by atoms with E-state index in [4.69, 9.17) is 0 Å². The molecule has 1 aromatic rings. The van der Waals surface area contributed by atoms with Crippen LogP contribution in [0.5, 0.6) is 0 Å². The first-order chi connectivity index (χ1) is 7.36. The lowest BCUT2D eigenvalue weighted by Gasteiger charge is -2.11. The summed E-state index contributed by atoms with van der Waals surface area (Å²) in [7, 11) is 1.25. The monoisotopic (exact) mass is 235 g/mol. The molecule has 1 rings (SSSR count). The number of benzene rings is 1. The van der Waals surface area contributed by atoms with Gasteiger partial charge in [0.05, 0.1) is 18.4 Å². The number of nitrogens with one attached hydrogen (secondary N) is 1. The van der Waals surface area contributed by atoms with Crippen LogP contribution < -0.4 is 5.48 Å². The molecule has 2 nitrogen and oxygen atoms in total. The van der Waals surface area contributed by atoms with Gasteiger partial charge in [-0.2, -0.15) is 13.2 Å². The summed E-state index contributed by atoms with van der Waals surface area (Å²) in [5, 5.41) is 0. The van der Waals surface area contributed by atoms with Crippen LogP contribution in [0.3, 0.4) is 0 Å². The van der Waals surface area contributed by atoms with Gasteiger partial charge in [0.2, 0.25) is 0 Å². The van der Waals surface area contributed by atoms with Gasteiger partial charge in [0.15, 0.2) is 0 Å². The van der Waals surface area contributed by atoms with Gasteiger partial charge in [-0.05, 0) is 18.2 Å². The van der Waals surface area contributed by atoms with Gasteiger partial charge in [0, 0.05) is 5.56 Å². The van der Waals surface area contributed by atoms with Crippen LogP contribution in [0.2, 0.25) is 0 Å². The normalized spacial score (nSPS) is 11.3. The van der Waals surface area contributed by atoms with Crippen LogP contribution >= 0.6 is 0 Å². The van der Waals surface area contributed by atoms with Crippen molar-refractivity contribution in [2.24, 2.45) is 0 Å². The quantitative estimate of drug-likeness (QED) is 0.642. The summed E-state index contributed by atoms with van der Waals surface area (Å²) in [6.07, 6.45) is -4.52. The number of alkyl halides is 3. The minimum atomic E-state index is -4.52. The average Bonchev–Trinajstić information content (AvgIpc) is 2.16. The molecule has 88 valence electrons. The Morgan fingerprint density at radius 3 is 2.50 bits per heavy atom. The van der Waals surface area contributed by atoms with Crippen molar-refractivity contribution in [1.82, 2.24) is 5.48 Å². The van der Waals surface area contributed by atoms with E-state index >= 15 is 0 Å². The zero-order chi connectivity index (χ0) is 12.3. The van der Waals surface area contributed by atoms with Crippen molar-refractivity contribution >= 4 is 5.70 Å². The van der Waals surface area contributed by atoms with Crippen LogP contribution in [0.15, 0.2) is 24.8 Å². The second kappa shape index (κ2) is 4.52. The Kier molecular flexibility index (Phi) is 3.54. The highest BCUT2D eigenvalue weighted by atomic mass is 19.4. The van der Waals surface area contributed by atoms with Gasteiger partial charge in [-0.15, -0.1) is 0 Å². The molecule has 0 aromatic heterocycles. The lowest BCUT2D eigenvalue weighted by molar-refractivity contribution is -0.137. The summed E-state index contributed by atoms with van der Waals surface area (Å²) < 4.78 is 50.2. The second-order valence-corrected chi connectivity index (χ2v) is 2.98. The summed E-state index contributed by atoms with van der Waals surface area (Å²) in [4.78, 5) is 4.44. The first-order valence-electron chi connectivity index (χ1n) is 4.21. The standard InChI is InChI=1S/C10H9F4NO/c1-6(15-16-2)8-5-7(10(12,13)14)3-4-9(8)11/h3-5,15H,1H2,2H3. The van der Waals surface area contributed by atoms with Gasteiger partial charge in [0.1, 0.15) is 5.82 Å². The molecule has 16 heavy (non-hydrogen) atoms. The second-order valence-electron chi connectivity index (χ2n) is 2.98. The van der Waals surface area contributed by atoms with Gasteiger partial charge in [-0.3, -0.25) is 10.3 Å². The molecule has 0 amide bonds. The highest BCUT2D eigenvalue weighted by molar-refractivity contribution is 5.62. The largest absolute Gasteiger partial charge is 0.416 e. The third-order valence-corrected chi connectivity index (χ3v) is 1.84. The van der Waals surface area contributed by atoms with E-state index < -0.39 is 17.6 Å². The molecule has 1 N–H and O–H groups in total. The molecule has 0 atom stereocenters. The average molecular weight is 235 g/mol. The zero-order valence-corrected chi connectivity index (χ0v) is 8.36. The van der Waals surface area contributed by atoms with Crippen molar-refractivity contribution in [2.75, 3.05) is 7.11 Å². The molecular formula is C10H9F4NO. The number of hydrogen-bond acceptors (Lipinski definition) is 2. The van der Waals surface area contributed by atoms with Crippen molar-refractivity contribution in [3.8, 4) is 0 Å². The Morgan fingerprint density at radius 1 is 1.38 bits per heavy atom. The Bertz CT molecular complexity index is 400. The van der Waals surface area contributed by atoms with E-state index in [9.17, 15) is 17.6 Å². The van der Waals surface area contributed by atoms with Gasteiger partial charge < -0.3 is 0 Å². The van der Waals surface area contributed by atoms with Crippen molar-refractivity contribution in [1.29, 1.82) is 0 Å². The predicted octanol–water partition coefficient (Wildman–Crippen LogP) is 2.97. The van der Waals surface area contributed by atoms with E-state index in [0.717, 1.165) is 6.07 Å². The van der Waals surface area contributed by atoms with E-state index in [1.165, 1.54) is 7.11 Å². The molecule has 0 aliphatic rings. The number of halogens is 4. The van der Waals surface area contributed by atoms with Crippen molar-refractivity contribution < 1.29 is 22.4 Å². The maximum absolute atomic E-state index is 13.2. The smallest absolute Gasteiger partial charge is 0.279 e. The summed E-state index contributed by atoms with van der Waals surface area (Å²) in [5.41, 5.74) is 0.879. The summed E-state index contributed by atoms with van der Waals surface area (Å²) in [6, 6.07) is 2.07. The first-order valence-corrected chi connectivity index (χ1v) is 4.21. The van der Waals surface area contributed by atoms with Crippen molar-refractivity contribution in [3.05, 3.63) is 41.7 Å².